The molecule has 3 rings (SSSR count). The van der Waals surface area contributed by atoms with Gasteiger partial charge < -0.3 is 0 Å². The fourth-order valence-electron chi connectivity index (χ4n) is 1.69. The van der Waals surface area contributed by atoms with Crippen LogP contribution < -0.4 is 5.56 Å². The lowest BCUT2D eigenvalue weighted by Crippen LogP contribution is -2.21. The molecule has 3 heterocycles. The Morgan fingerprint density at radius 2 is 2.20 bits per heavy atom. The van der Waals surface area contributed by atoms with Crippen molar-refractivity contribution in [2.45, 2.75) is 19.9 Å². The van der Waals surface area contributed by atoms with Crippen LogP contribution in [0.2, 0.25) is 0 Å². The van der Waals surface area contributed by atoms with E-state index in [0.717, 1.165) is 22.9 Å². The number of hydrogen-bond donors (Lipinski definition) is 0. The van der Waals surface area contributed by atoms with E-state index in [1.54, 1.807) is 6.92 Å². The van der Waals surface area contributed by atoms with Gasteiger partial charge in [-0.1, -0.05) is 11.3 Å². The lowest BCUT2D eigenvalue weighted by atomic mass is 10.3. The number of halogens is 2. The SMILES string of the molecule is Cc1nsc2ncn(Cc3nnc(C(F)F)s3)c(=O)c12. The maximum Gasteiger partial charge on any atom is 0.291 e. The van der Waals surface area contributed by atoms with Gasteiger partial charge in [-0.3, -0.25) is 9.36 Å². The molecule has 0 saturated carbocycles. The Hall–Kier alpha value is -1.81. The van der Waals surface area contributed by atoms with Gasteiger partial charge in [-0.25, -0.2) is 13.8 Å². The van der Waals surface area contributed by atoms with Gasteiger partial charge in [0, 0.05) is 0 Å². The van der Waals surface area contributed by atoms with Gasteiger partial charge in [-0.2, -0.15) is 4.37 Å². The van der Waals surface area contributed by atoms with Crippen molar-refractivity contribution >= 4 is 33.1 Å². The quantitative estimate of drug-likeness (QED) is 0.739. The molecule has 0 amide bonds. The molecule has 0 radical (unpaired) electrons. The summed E-state index contributed by atoms with van der Waals surface area (Å²) in [6.07, 6.45) is -1.28. The molecule has 3 aromatic rings. The van der Waals surface area contributed by atoms with Gasteiger partial charge in [0.2, 0.25) is 0 Å². The Labute approximate surface area is 118 Å². The van der Waals surface area contributed by atoms with Gasteiger partial charge >= 0.3 is 0 Å². The molecule has 0 aliphatic rings. The van der Waals surface area contributed by atoms with Crippen molar-refractivity contribution in [2.24, 2.45) is 0 Å². The molecule has 104 valence electrons. The Bertz CT molecular complexity index is 825. The van der Waals surface area contributed by atoms with Crippen molar-refractivity contribution < 1.29 is 8.78 Å². The Morgan fingerprint density at radius 3 is 2.90 bits per heavy atom. The first-order valence-electron chi connectivity index (χ1n) is 5.48. The van der Waals surface area contributed by atoms with Gasteiger partial charge in [0.1, 0.15) is 5.01 Å². The lowest BCUT2D eigenvalue weighted by molar-refractivity contribution is 0.150. The summed E-state index contributed by atoms with van der Waals surface area (Å²) in [6, 6.07) is 0. The van der Waals surface area contributed by atoms with Crippen LogP contribution in [0.5, 0.6) is 0 Å². The fraction of sp³-hybridized carbons (Fsp3) is 0.300. The average molecular weight is 315 g/mol. The molecule has 0 aliphatic heterocycles. The first-order valence-corrected chi connectivity index (χ1v) is 7.07. The molecule has 0 unspecified atom stereocenters. The largest absolute Gasteiger partial charge is 0.292 e. The van der Waals surface area contributed by atoms with Crippen molar-refractivity contribution in [2.75, 3.05) is 0 Å². The predicted molar refractivity (Wildman–Crippen MR) is 70.4 cm³/mol. The third-order valence-corrected chi connectivity index (χ3v) is 4.37. The van der Waals surface area contributed by atoms with Crippen LogP contribution in [0.1, 0.15) is 22.1 Å². The van der Waals surface area contributed by atoms with Crippen LogP contribution in [0.3, 0.4) is 0 Å². The molecule has 0 atom stereocenters. The molecule has 20 heavy (non-hydrogen) atoms. The first kappa shape index (κ1) is 13.2. The van der Waals surface area contributed by atoms with E-state index >= 15 is 0 Å². The highest BCUT2D eigenvalue weighted by Gasteiger charge is 2.15. The Kier molecular flexibility index (Phi) is 3.26. The van der Waals surface area contributed by atoms with Crippen LogP contribution in [0.15, 0.2) is 11.1 Å². The van der Waals surface area contributed by atoms with E-state index in [9.17, 15) is 13.6 Å². The minimum absolute atomic E-state index is 0.0709. The Morgan fingerprint density at radius 1 is 1.40 bits per heavy atom. The minimum Gasteiger partial charge on any atom is -0.292 e. The number of alkyl halides is 2. The number of aryl methyl sites for hydroxylation is 1. The summed E-state index contributed by atoms with van der Waals surface area (Å²) in [6.45, 7) is 1.80. The molecule has 3 aromatic heterocycles. The molecule has 0 N–H and O–H groups in total. The van der Waals surface area contributed by atoms with Gasteiger partial charge in [-0.15, -0.1) is 10.2 Å². The van der Waals surface area contributed by atoms with Gasteiger partial charge in [0.15, 0.2) is 9.84 Å². The first-order chi connectivity index (χ1) is 9.56. The van der Waals surface area contributed by atoms with E-state index in [1.165, 1.54) is 10.9 Å². The van der Waals surface area contributed by atoms with Crippen LogP contribution in [0, 0.1) is 6.92 Å². The average Bonchev–Trinajstić information content (AvgIpc) is 3.00. The fourth-order valence-corrected chi connectivity index (χ4v) is 3.12. The molecule has 6 nitrogen and oxygen atoms in total. The molecule has 10 heteroatoms. The molecule has 0 aliphatic carbocycles. The standard InChI is InChI=1S/C10H7F2N5OS2/c1-4-6-8(20-16-4)13-3-17(10(6)18)2-5-14-15-9(19-5)7(11)12/h3,7H,2H2,1H3. The van der Waals surface area contributed by atoms with Crippen molar-refractivity contribution in [3.8, 4) is 0 Å². The lowest BCUT2D eigenvalue weighted by Gasteiger charge is -2.01. The van der Waals surface area contributed by atoms with Crippen LogP contribution in [-0.2, 0) is 6.54 Å². The molecule has 0 bridgehead atoms. The number of hydrogen-bond acceptors (Lipinski definition) is 7. The van der Waals surface area contributed by atoms with Gasteiger partial charge in [0.25, 0.3) is 12.0 Å². The van der Waals surface area contributed by atoms with E-state index in [4.69, 9.17) is 0 Å². The maximum atomic E-state index is 12.4. The number of nitrogens with zero attached hydrogens (tertiary/aromatic N) is 5. The number of fused-ring (bicyclic) bond motifs is 1. The van der Waals surface area contributed by atoms with Crippen LogP contribution in [0.25, 0.3) is 10.2 Å². The molecule has 0 aromatic carbocycles. The highest BCUT2D eigenvalue weighted by atomic mass is 32.1. The molecule has 0 spiro atoms. The third kappa shape index (κ3) is 2.20. The van der Waals surface area contributed by atoms with Gasteiger partial charge in [0.05, 0.1) is 24.0 Å². The zero-order valence-electron chi connectivity index (χ0n) is 10.1. The minimum atomic E-state index is -2.65. The van der Waals surface area contributed by atoms with E-state index < -0.39 is 6.43 Å². The number of rotatable bonds is 3. The second-order valence-electron chi connectivity index (χ2n) is 3.96. The van der Waals surface area contributed by atoms with E-state index in [1.807, 2.05) is 0 Å². The molecular formula is C10H7F2N5OS2. The molecule has 0 fully saturated rings. The maximum absolute atomic E-state index is 12.4. The second kappa shape index (κ2) is 4.94. The van der Waals surface area contributed by atoms with Crippen LogP contribution in [0.4, 0.5) is 8.78 Å². The topological polar surface area (TPSA) is 73.6 Å². The normalized spacial score (nSPS) is 11.6. The smallest absolute Gasteiger partial charge is 0.291 e. The van der Waals surface area contributed by atoms with Gasteiger partial charge in [-0.05, 0) is 18.5 Å². The van der Waals surface area contributed by atoms with E-state index in [-0.39, 0.29) is 17.1 Å². The summed E-state index contributed by atoms with van der Waals surface area (Å²) < 4.78 is 30.3. The zero-order valence-corrected chi connectivity index (χ0v) is 11.7. The molecular weight excluding hydrogens is 308 g/mol. The highest BCUT2D eigenvalue weighted by Crippen LogP contribution is 2.22. The predicted octanol–water partition coefficient (Wildman–Crippen LogP) is 2.00. The Balaban J connectivity index is 2.00. The zero-order chi connectivity index (χ0) is 14.3. The monoisotopic (exact) mass is 315 g/mol. The highest BCUT2D eigenvalue weighted by molar-refractivity contribution is 7.12. The molecule has 0 saturated heterocycles. The summed E-state index contributed by atoms with van der Waals surface area (Å²) >= 11 is 1.94. The van der Waals surface area contributed by atoms with Crippen molar-refractivity contribution in [1.82, 2.24) is 24.1 Å². The number of aromatic nitrogens is 5. The van der Waals surface area contributed by atoms with Crippen molar-refractivity contribution in [1.29, 1.82) is 0 Å². The summed E-state index contributed by atoms with van der Waals surface area (Å²) in [5.41, 5.74) is 0.359. The van der Waals surface area contributed by atoms with Crippen molar-refractivity contribution in [3.63, 3.8) is 0 Å². The summed E-state index contributed by atoms with van der Waals surface area (Å²) in [7, 11) is 0. The van der Waals surface area contributed by atoms with Crippen LogP contribution in [-0.4, -0.2) is 24.1 Å². The van der Waals surface area contributed by atoms with Crippen LogP contribution >= 0.6 is 22.9 Å². The van der Waals surface area contributed by atoms with E-state index in [2.05, 4.69) is 19.6 Å². The second-order valence-corrected chi connectivity index (χ2v) is 5.81. The summed E-state index contributed by atoms with van der Waals surface area (Å²) in [4.78, 5) is 16.9. The summed E-state index contributed by atoms with van der Waals surface area (Å²) in [5, 5.41) is 7.48. The van der Waals surface area contributed by atoms with E-state index in [0.29, 0.717) is 20.9 Å². The third-order valence-electron chi connectivity index (χ3n) is 2.61. The van der Waals surface area contributed by atoms with Crippen molar-refractivity contribution in [3.05, 3.63) is 32.4 Å². The summed E-state index contributed by atoms with van der Waals surface area (Å²) in [5.74, 6) is 0.